The molecule has 0 heterocycles. The third kappa shape index (κ3) is 3.90. The number of hydrogen-bond acceptors (Lipinski definition) is 10. The molecule has 0 unspecified atom stereocenters. The molecule has 2 rings (SSSR count). The average Bonchev–Trinajstić information content (AvgIpc) is 2.59. The summed E-state index contributed by atoms with van der Waals surface area (Å²) in [7, 11) is 0. The Labute approximate surface area is 154 Å². The second-order valence-electron chi connectivity index (χ2n) is 5.49. The lowest BCUT2D eigenvalue weighted by Gasteiger charge is -2.03. The van der Waals surface area contributed by atoms with Gasteiger partial charge in [0.1, 0.15) is 0 Å². The van der Waals surface area contributed by atoms with Crippen molar-refractivity contribution < 1.29 is 19.7 Å². The first kappa shape index (κ1) is 20.0. The van der Waals surface area contributed by atoms with Crippen LogP contribution in [0.2, 0.25) is 0 Å². The van der Waals surface area contributed by atoms with Crippen molar-refractivity contribution in [3.8, 4) is 0 Å². The molecule has 0 atom stereocenters. The molecule has 0 aliphatic heterocycles. The first-order valence-electron chi connectivity index (χ1n) is 7.31. The maximum atomic E-state index is 11.2. The van der Waals surface area contributed by atoms with Crippen LogP contribution in [0.3, 0.4) is 0 Å². The Hall–Kier alpha value is -4.36. The van der Waals surface area contributed by atoms with Gasteiger partial charge in [0.05, 0.1) is 31.8 Å². The Bertz CT molecular complexity index is 981. The summed E-state index contributed by atoms with van der Waals surface area (Å²) in [5.41, 5.74) is -3.04. The van der Waals surface area contributed by atoms with Gasteiger partial charge in [0, 0.05) is 12.1 Å². The zero-order valence-corrected chi connectivity index (χ0v) is 14.3. The molecule has 0 spiro atoms. The number of benzene rings is 2. The molecule has 144 valence electrons. The van der Waals surface area contributed by atoms with Crippen LogP contribution in [0.25, 0.3) is 0 Å². The predicted octanol–water partition coefficient (Wildman–Crippen LogP) is 4.35. The molecule has 0 aliphatic rings. The van der Waals surface area contributed by atoms with Crippen LogP contribution in [0.4, 0.5) is 34.1 Å². The van der Waals surface area contributed by atoms with E-state index in [-0.39, 0.29) is 22.5 Å². The van der Waals surface area contributed by atoms with Gasteiger partial charge in [-0.2, -0.15) is 0 Å². The minimum absolute atomic E-state index is 0.0480. The molecule has 2 aromatic rings. The van der Waals surface area contributed by atoms with E-state index in [1.165, 1.54) is 13.8 Å². The van der Waals surface area contributed by atoms with Gasteiger partial charge in [-0.1, -0.05) is 0 Å². The number of azo groups is 1. The summed E-state index contributed by atoms with van der Waals surface area (Å²) in [6, 6.07) is 3.47. The summed E-state index contributed by atoms with van der Waals surface area (Å²) in [5.74, 6) is 0. The minimum Gasteiger partial charge on any atom is -0.258 e. The quantitative estimate of drug-likeness (QED) is 0.393. The molecule has 0 amide bonds. The van der Waals surface area contributed by atoms with E-state index in [0.717, 1.165) is 12.1 Å². The third-order valence-corrected chi connectivity index (χ3v) is 3.60. The van der Waals surface area contributed by atoms with Crippen LogP contribution in [0.1, 0.15) is 11.1 Å². The number of non-ortho nitro benzene ring substituents is 2. The normalized spacial score (nSPS) is 10.8. The first-order chi connectivity index (χ1) is 13.0. The zero-order chi connectivity index (χ0) is 21.2. The first-order valence-corrected chi connectivity index (χ1v) is 7.31. The van der Waals surface area contributed by atoms with Crippen molar-refractivity contribution in [3.63, 3.8) is 0 Å². The fourth-order valence-electron chi connectivity index (χ4n) is 2.33. The van der Waals surface area contributed by atoms with Gasteiger partial charge < -0.3 is 0 Å². The summed E-state index contributed by atoms with van der Waals surface area (Å²) in [6.45, 7) is 2.65. The predicted molar refractivity (Wildman–Crippen MR) is 93.2 cm³/mol. The molecule has 0 bridgehead atoms. The topological polar surface area (TPSA) is 197 Å². The number of hydrogen-bond donors (Lipinski definition) is 0. The SMILES string of the molecule is Cc1cc([N+](=O)[O-])cc([N+](=O)[O-])c1N=Nc1c(C)cc([N+](=O)[O-])cc1[N+](=O)[O-]. The van der Waals surface area contributed by atoms with Crippen molar-refractivity contribution in [2.45, 2.75) is 13.8 Å². The highest BCUT2D eigenvalue weighted by atomic mass is 16.6. The Morgan fingerprint density at radius 3 is 1.18 bits per heavy atom. The van der Waals surface area contributed by atoms with E-state index < -0.39 is 42.4 Å². The van der Waals surface area contributed by atoms with Crippen LogP contribution in [0.15, 0.2) is 34.5 Å². The Morgan fingerprint density at radius 1 is 0.607 bits per heavy atom. The maximum Gasteiger partial charge on any atom is 0.303 e. The van der Waals surface area contributed by atoms with E-state index in [2.05, 4.69) is 10.2 Å². The van der Waals surface area contributed by atoms with Gasteiger partial charge in [0.2, 0.25) is 0 Å². The molecule has 0 N–H and O–H groups in total. The molecule has 0 saturated carbocycles. The number of nitrogens with zero attached hydrogens (tertiary/aromatic N) is 6. The fraction of sp³-hybridized carbons (Fsp3) is 0.143. The van der Waals surface area contributed by atoms with E-state index in [0.29, 0.717) is 12.1 Å². The molecule has 0 saturated heterocycles. The summed E-state index contributed by atoms with van der Waals surface area (Å²) < 4.78 is 0. The molecule has 14 heteroatoms. The highest BCUT2D eigenvalue weighted by Crippen LogP contribution is 2.39. The molecular weight excluding hydrogens is 380 g/mol. The van der Waals surface area contributed by atoms with Gasteiger partial charge in [-0.05, 0) is 25.0 Å². The largest absolute Gasteiger partial charge is 0.303 e. The summed E-state index contributed by atoms with van der Waals surface area (Å²) >= 11 is 0. The fourth-order valence-corrected chi connectivity index (χ4v) is 2.33. The van der Waals surface area contributed by atoms with Gasteiger partial charge in [-0.25, -0.2) is 0 Å². The van der Waals surface area contributed by atoms with Crippen molar-refractivity contribution in [2.24, 2.45) is 10.2 Å². The van der Waals surface area contributed by atoms with E-state index in [9.17, 15) is 40.5 Å². The smallest absolute Gasteiger partial charge is 0.258 e. The van der Waals surface area contributed by atoms with Crippen LogP contribution < -0.4 is 0 Å². The standard InChI is InChI=1S/C14H10N6O8/c1-7-3-9(17(21)22)5-11(19(25)26)13(7)15-16-14-8(2)4-10(18(23)24)6-12(14)20(27)28/h3-6H,1-2H3. The Balaban J connectivity index is 2.67. The van der Waals surface area contributed by atoms with Gasteiger partial charge in [-0.3, -0.25) is 40.5 Å². The third-order valence-electron chi connectivity index (χ3n) is 3.60. The van der Waals surface area contributed by atoms with Crippen LogP contribution in [0.5, 0.6) is 0 Å². The number of nitro benzene ring substituents is 4. The minimum atomic E-state index is -0.897. The molecule has 0 aromatic heterocycles. The summed E-state index contributed by atoms with van der Waals surface area (Å²) in [6.07, 6.45) is 0. The molecule has 0 aliphatic carbocycles. The molecule has 14 nitrogen and oxygen atoms in total. The Morgan fingerprint density at radius 2 is 0.929 bits per heavy atom. The van der Waals surface area contributed by atoms with Crippen molar-refractivity contribution in [2.75, 3.05) is 0 Å². The van der Waals surface area contributed by atoms with Crippen LogP contribution >= 0.6 is 0 Å². The van der Waals surface area contributed by atoms with Gasteiger partial charge in [0.25, 0.3) is 11.4 Å². The summed E-state index contributed by atoms with van der Waals surface area (Å²) in [4.78, 5) is 40.8. The second kappa shape index (κ2) is 7.48. The molecule has 28 heavy (non-hydrogen) atoms. The van der Waals surface area contributed by atoms with Gasteiger partial charge >= 0.3 is 11.4 Å². The van der Waals surface area contributed by atoms with Crippen LogP contribution in [-0.2, 0) is 0 Å². The lowest BCUT2D eigenvalue weighted by atomic mass is 10.1. The lowest BCUT2D eigenvalue weighted by Crippen LogP contribution is -1.96. The highest BCUT2D eigenvalue weighted by molar-refractivity contribution is 5.69. The van der Waals surface area contributed by atoms with Crippen LogP contribution in [-0.4, -0.2) is 19.7 Å². The van der Waals surface area contributed by atoms with E-state index in [1.54, 1.807) is 0 Å². The monoisotopic (exact) mass is 390 g/mol. The molecule has 0 fully saturated rings. The van der Waals surface area contributed by atoms with Crippen molar-refractivity contribution in [1.82, 2.24) is 0 Å². The van der Waals surface area contributed by atoms with Crippen molar-refractivity contribution >= 4 is 34.1 Å². The maximum absolute atomic E-state index is 11.2. The van der Waals surface area contributed by atoms with Gasteiger partial charge in [0.15, 0.2) is 11.4 Å². The van der Waals surface area contributed by atoms with Crippen LogP contribution in [0, 0.1) is 54.3 Å². The second-order valence-corrected chi connectivity index (χ2v) is 5.49. The van der Waals surface area contributed by atoms with Gasteiger partial charge in [-0.15, -0.1) is 10.2 Å². The zero-order valence-electron chi connectivity index (χ0n) is 14.3. The molecule has 0 radical (unpaired) electrons. The number of aryl methyl sites for hydroxylation is 2. The lowest BCUT2D eigenvalue weighted by molar-refractivity contribution is -0.394. The van der Waals surface area contributed by atoms with E-state index in [4.69, 9.17) is 0 Å². The van der Waals surface area contributed by atoms with Crippen molar-refractivity contribution in [3.05, 3.63) is 75.8 Å². The molecule has 2 aromatic carbocycles. The molecular formula is C14H10N6O8. The highest BCUT2D eigenvalue weighted by Gasteiger charge is 2.25. The average molecular weight is 390 g/mol. The van der Waals surface area contributed by atoms with Crippen molar-refractivity contribution in [1.29, 1.82) is 0 Å². The number of rotatable bonds is 6. The van der Waals surface area contributed by atoms with E-state index in [1.807, 2.05) is 0 Å². The summed E-state index contributed by atoms with van der Waals surface area (Å²) in [5, 5.41) is 51.5. The van der Waals surface area contributed by atoms with E-state index >= 15 is 0 Å². The Kier molecular flexibility index (Phi) is 5.33. The number of nitro groups is 4.